The molecule has 1 aromatic carbocycles. The average Bonchev–Trinajstić information content (AvgIpc) is 2.46. The van der Waals surface area contributed by atoms with Gasteiger partial charge < -0.3 is 15.7 Å². The number of carboxylic acid groups (broad SMARTS) is 1. The second-order valence-electron chi connectivity index (χ2n) is 4.25. The molecule has 1 unspecified atom stereocenters. The number of benzene rings is 1. The van der Waals surface area contributed by atoms with Crippen molar-refractivity contribution in [2.45, 2.75) is 5.25 Å². The first-order chi connectivity index (χ1) is 9.66. The monoisotopic (exact) mass is 312 g/mol. The maximum absolute atomic E-state index is 11.8. The van der Waals surface area contributed by atoms with Gasteiger partial charge in [0.05, 0.1) is 11.3 Å². The van der Waals surface area contributed by atoms with E-state index in [0.29, 0.717) is 17.5 Å². The van der Waals surface area contributed by atoms with E-state index >= 15 is 0 Å². The largest absolute Gasteiger partial charge is 0.478 e. The number of carbonyl (C=O) groups is 2. The number of thioether (sulfide) groups is 2. The summed E-state index contributed by atoms with van der Waals surface area (Å²) in [5.74, 6) is 2.26. The van der Waals surface area contributed by atoms with Crippen LogP contribution >= 0.6 is 23.5 Å². The van der Waals surface area contributed by atoms with Crippen molar-refractivity contribution in [1.29, 1.82) is 0 Å². The Kier molecular flexibility index (Phi) is 5.60. The number of amides is 2. The van der Waals surface area contributed by atoms with Crippen LogP contribution in [0.3, 0.4) is 0 Å². The Balaban J connectivity index is 1.86. The number of nitrogens with one attached hydrogen (secondary N) is 2. The fourth-order valence-corrected chi connectivity index (χ4v) is 4.42. The zero-order valence-electron chi connectivity index (χ0n) is 10.8. The van der Waals surface area contributed by atoms with E-state index in [9.17, 15) is 9.59 Å². The fourth-order valence-electron chi connectivity index (χ4n) is 1.81. The minimum atomic E-state index is -1.06. The van der Waals surface area contributed by atoms with Gasteiger partial charge >= 0.3 is 12.0 Å². The molecule has 2 amide bonds. The van der Waals surface area contributed by atoms with E-state index < -0.39 is 5.97 Å². The lowest BCUT2D eigenvalue weighted by atomic mass is 10.2. The number of aromatic carboxylic acids is 1. The van der Waals surface area contributed by atoms with Crippen molar-refractivity contribution in [2.75, 3.05) is 29.1 Å². The van der Waals surface area contributed by atoms with Gasteiger partial charge in [-0.2, -0.15) is 23.5 Å². The number of carbonyl (C=O) groups excluding carboxylic acids is 1. The van der Waals surface area contributed by atoms with Crippen LogP contribution in [0.5, 0.6) is 0 Å². The quantitative estimate of drug-likeness (QED) is 0.795. The van der Waals surface area contributed by atoms with Gasteiger partial charge in [-0.1, -0.05) is 12.1 Å². The van der Waals surface area contributed by atoms with E-state index in [2.05, 4.69) is 10.6 Å². The maximum Gasteiger partial charge on any atom is 0.337 e. The van der Waals surface area contributed by atoms with Crippen molar-refractivity contribution in [2.24, 2.45) is 0 Å². The molecule has 3 N–H and O–H groups in total. The molecule has 0 radical (unpaired) electrons. The Bertz CT molecular complexity index is 490. The van der Waals surface area contributed by atoms with Crippen LogP contribution in [0.25, 0.3) is 0 Å². The number of hydrogen-bond acceptors (Lipinski definition) is 4. The highest BCUT2D eigenvalue weighted by atomic mass is 32.2. The Morgan fingerprint density at radius 2 is 2.10 bits per heavy atom. The second-order valence-corrected chi connectivity index (χ2v) is 6.81. The van der Waals surface area contributed by atoms with Gasteiger partial charge in [-0.25, -0.2) is 9.59 Å². The zero-order chi connectivity index (χ0) is 14.4. The van der Waals surface area contributed by atoms with Crippen molar-refractivity contribution in [3.63, 3.8) is 0 Å². The lowest BCUT2D eigenvalue weighted by Crippen LogP contribution is -2.36. The van der Waals surface area contributed by atoms with Gasteiger partial charge in [-0.15, -0.1) is 0 Å². The van der Waals surface area contributed by atoms with Crippen LogP contribution in [0.15, 0.2) is 24.3 Å². The van der Waals surface area contributed by atoms with Crippen LogP contribution in [-0.2, 0) is 0 Å². The number of hydrogen-bond donors (Lipinski definition) is 3. The maximum atomic E-state index is 11.8. The molecule has 1 aromatic rings. The van der Waals surface area contributed by atoms with Gasteiger partial charge in [0, 0.05) is 29.1 Å². The van der Waals surface area contributed by atoms with Gasteiger partial charge in [0.1, 0.15) is 0 Å². The lowest BCUT2D eigenvalue weighted by Gasteiger charge is -2.21. The second kappa shape index (κ2) is 7.44. The number of anilines is 1. The molecule has 7 heteroatoms. The summed E-state index contributed by atoms with van der Waals surface area (Å²) in [6.07, 6.45) is 0. The molecule has 0 bridgehead atoms. The third-order valence-corrected chi connectivity index (χ3v) is 5.63. The molecule has 1 fully saturated rings. The first-order valence-electron chi connectivity index (χ1n) is 6.23. The molecule has 0 spiro atoms. The van der Waals surface area contributed by atoms with E-state index in [-0.39, 0.29) is 11.6 Å². The van der Waals surface area contributed by atoms with E-state index in [1.54, 1.807) is 18.2 Å². The van der Waals surface area contributed by atoms with Crippen LogP contribution in [0.2, 0.25) is 0 Å². The summed E-state index contributed by atoms with van der Waals surface area (Å²) in [7, 11) is 0. The summed E-state index contributed by atoms with van der Waals surface area (Å²) in [6, 6.07) is 5.99. The van der Waals surface area contributed by atoms with Crippen molar-refractivity contribution < 1.29 is 14.7 Å². The smallest absolute Gasteiger partial charge is 0.337 e. The highest BCUT2D eigenvalue weighted by Gasteiger charge is 2.16. The molecule has 1 saturated heterocycles. The Morgan fingerprint density at radius 1 is 1.30 bits per heavy atom. The molecular weight excluding hydrogens is 296 g/mol. The van der Waals surface area contributed by atoms with Crippen LogP contribution in [0.4, 0.5) is 10.5 Å². The van der Waals surface area contributed by atoms with Crippen molar-refractivity contribution in [3.05, 3.63) is 29.8 Å². The van der Waals surface area contributed by atoms with Crippen molar-refractivity contribution >= 4 is 41.2 Å². The van der Waals surface area contributed by atoms with E-state index in [1.807, 2.05) is 23.5 Å². The molecule has 0 aliphatic carbocycles. The molecular formula is C13H16N2O3S2. The van der Waals surface area contributed by atoms with E-state index in [1.165, 1.54) is 11.8 Å². The van der Waals surface area contributed by atoms with Crippen molar-refractivity contribution in [3.8, 4) is 0 Å². The minimum absolute atomic E-state index is 0.0882. The predicted octanol–water partition coefficient (Wildman–Crippen LogP) is 2.35. The van der Waals surface area contributed by atoms with Gasteiger partial charge in [0.2, 0.25) is 0 Å². The Hall–Kier alpha value is -1.34. The lowest BCUT2D eigenvalue weighted by molar-refractivity contribution is 0.0698. The first-order valence-corrected chi connectivity index (χ1v) is 8.43. The molecule has 1 atom stereocenters. The van der Waals surface area contributed by atoms with Crippen LogP contribution in [-0.4, -0.2) is 46.2 Å². The third kappa shape index (κ3) is 4.35. The zero-order valence-corrected chi connectivity index (χ0v) is 12.4. The normalized spacial score (nSPS) is 18.3. The Morgan fingerprint density at radius 3 is 2.80 bits per heavy atom. The third-order valence-electron chi connectivity index (χ3n) is 2.78. The highest BCUT2D eigenvalue weighted by Crippen LogP contribution is 2.23. The van der Waals surface area contributed by atoms with Gasteiger partial charge in [0.15, 0.2) is 0 Å². The average molecular weight is 312 g/mol. The summed E-state index contributed by atoms with van der Waals surface area (Å²) in [5.41, 5.74) is 0.397. The molecule has 1 aliphatic rings. The molecule has 2 rings (SSSR count). The summed E-state index contributed by atoms with van der Waals surface area (Å²) in [5, 5.41) is 14.8. The van der Waals surface area contributed by atoms with Crippen LogP contribution in [0.1, 0.15) is 10.4 Å². The molecule has 0 saturated carbocycles. The van der Waals surface area contributed by atoms with E-state index in [4.69, 9.17) is 5.11 Å². The van der Waals surface area contributed by atoms with Crippen LogP contribution < -0.4 is 10.6 Å². The molecule has 1 heterocycles. The predicted molar refractivity (Wildman–Crippen MR) is 84.0 cm³/mol. The SMILES string of the molecule is O=C(NCC1CSCCS1)Nc1ccccc1C(=O)O. The topological polar surface area (TPSA) is 78.4 Å². The number of rotatable bonds is 4. The van der Waals surface area contributed by atoms with E-state index in [0.717, 1.165) is 11.5 Å². The minimum Gasteiger partial charge on any atom is -0.478 e. The van der Waals surface area contributed by atoms with Crippen molar-refractivity contribution in [1.82, 2.24) is 5.32 Å². The van der Waals surface area contributed by atoms with Crippen LogP contribution in [0, 0.1) is 0 Å². The fraction of sp³-hybridized carbons (Fsp3) is 0.385. The van der Waals surface area contributed by atoms with Gasteiger partial charge in [-0.3, -0.25) is 0 Å². The molecule has 20 heavy (non-hydrogen) atoms. The number of carboxylic acids is 1. The number of para-hydroxylation sites is 1. The highest BCUT2D eigenvalue weighted by molar-refractivity contribution is 8.06. The molecule has 1 aliphatic heterocycles. The number of urea groups is 1. The summed E-state index contributed by atoms with van der Waals surface area (Å²) < 4.78 is 0. The molecule has 0 aromatic heterocycles. The standard InChI is InChI=1S/C13H16N2O3S2/c16-12(17)10-3-1-2-4-11(10)15-13(18)14-7-9-8-19-5-6-20-9/h1-4,9H,5-8H2,(H,16,17)(H2,14,15,18). The molecule has 5 nitrogen and oxygen atoms in total. The summed E-state index contributed by atoms with van der Waals surface area (Å²) in [4.78, 5) is 22.8. The summed E-state index contributed by atoms with van der Waals surface area (Å²) >= 11 is 3.76. The summed E-state index contributed by atoms with van der Waals surface area (Å²) in [6.45, 7) is 0.596. The molecule has 108 valence electrons. The first kappa shape index (κ1) is 15.1. The van der Waals surface area contributed by atoms with Gasteiger partial charge in [-0.05, 0) is 12.1 Å². The Labute approximate surface area is 125 Å². The van der Waals surface area contributed by atoms with Gasteiger partial charge in [0.25, 0.3) is 0 Å².